The largest absolute Gasteiger partial charge is 0.463 e. The van der Waals surface area contributed by atoms with Gasteiger partial charge in [0, 0.05) is 24.5 Å². The minimum Gasteiger partial charge on any atom is -0.463 e. The third kappa shape index (κ3) is 15.2. The van der Waals surface area contributed by atoms with E-state index in [1.54, 1.807) is 19.9 Å². The van der Waals surface area contributed by atoms with Gasteiger partial charge in [0.05, 0.1) is 18.6 Å². The lowest BCUT2D eigenvalue weighted by Crippen LogP contribution is -2.67. The van der Waals surface area contributed by atoms with Gasteiger partial charge in [-0.3, -0.25) is 9.59 Å². The summed E-state index contributed by atoms with van der Waals surface area (Å²) in [4.78, 5) is 56.0. The third-order valence-electron chi connectivity index (χ3n) is 15.1. The lowest BCUT2D eigenvalue weighted by atomic mass is 9.96. The molecular weight excluding hydrogens is 965 g/mol. The molecule has 16 heteroatoms. The van der Waals surface area contributed by atoms with E-state index < -0.39 is 108 Å². The Morgan fingerprint density at radius 2 is 1.42 bits per heavy atom. The number of rotatable bonds is 11. The van der Waals surface area contributed by atoms with Crippen molar-refractivity contribution < 1.29 is 66.2 Å². The highest BCUT2D eigenvalue weighted by Crippen LogP contribution is 2.44. The maximum atomic E-state index is 15.0. The number of hydrogen-bond donors (Lipinski definition) is 0. The van der Waals surface area contributed by atoms with Crippen LogP contribution in [0.25, 0.3) is 5.20 Å². The molecule has 0 amide bonds. The monoisotopic (exact) mass is 1050 g/mol. The molecule has 4 aliphatic rings. The molecule has 0 N–H and O–H groups in total. The molecule has 404 valence electrons. The van der Waals surface area contributed by atoms with Crippen LogP contribution in [0.1, 0.15) is 132 Å². The maximum Gasteiger partial charge on any atom is 0.333 e. The fraction of sp³-hybridized carbons (Fsp3) is 0.649. The van der Waals surface area contributed by atoms with Gasteiger partial charge in [0.15, 0.2) is 38.9 Å². The number of cyclic esters (lactones) is 1. The van der Waals surface area contributed by atoms with Gasteiger partial charge in [-0.2, -0.15) is 0 Å². The van der Waals surface area contributed by atoms with Crippen molar-refractivity contribution >= 4 is 50.5 Å². The van der Waals surface area contributed by atoms with Crippen molar-refractivity contribution in [3.8, 4) is 0 Å². The number of Topliss-reactive ketones (excluding diaryl/α,β-unsaturated/α-hetero) is 1. The average molecular weight is 1050 g/mol. The molecule has 4 fully saturated rings. The van der Waals surface area contributed by atoms with Gasteiger partial charge < -0.3 is 47.1 Å². The smallest absolute Gasteiger partial charge is 0.333 e. The van der Waals surface area contributed by atoms with Crippen LogP contribution in [0.15, 0.2) is 78.4 Å². The summed E-state index contributed by atoms with van der Waals surface area (Å²) in [7, 11) is -5.50. The van der Waals surface area contributed by atoms with Crippen LogP contribution < -0.4 is 5.19 Å². The zero-order chi connectivity index (χ0) is 53.3. The molecule has 0 aromatic heterocycles. The number of hydrogen-bond acceptors (Lipinski definition) is 14. The second-order valence-corrected chi connectivity index (χ2v) is 31.8. The SMILES string of the molecule is C/C=C(\C)C(=O)O[C@@H]1[C@@H](O[Si](C)(C)C(C)(C)C)[C@@H]2O[C@H]3[C@H](O[C@@H](CCC)CCCCCCC(=O)CCC(=O)OC[C@@H](O2)[C@H]1OC(=O)/C=C(\c1ccccc1)[Si](C)(C)c1ccccc1)O[C@H](C)[C@@H]1OC(C)(C)O[C@@H]13. The summed E-state index contributed by atoms with van der Waals surface area (Å²) in [5, 5.41) is 1.52. The average Bonchev–Trinajstić information content (AvgIpc) is 3.68. The van der Waals surface area contributed by atoms with Crippen LogP contribution in [0.5, 0.6) is 0 Å². The van der Waals surface area contributed by atoms with E-state index in [1.807, 2.05) is 69.3 Å². The van der Waals surface area contributed by atoms with Crippen molar-refractivity contribution in [3.05, 3.63) is 84.0 Å². The third-order valence-corrected chi connectivity index (χ3v) is 23.2. The van der Waals surface area contributed by atoms with Gasteiger partial charge in [0.2, 0.25) is 0 Å². The Morgan fingerprint density at radius 3 is 2.08 bits per heavy atom. The maximum absolute atomic E-state index is 15.0. The van der Waals surface area contributed by atoms with Crippen LogP contribution in [0.2, 0.25) is 31.2 Å². The van der Waals surface area contributed by atoms with Crippen molar-refractivity contribution in [2.24, 2.45) is 0 Å². The van der Waals surface area contributed by atoms with Crippen molar-refractivity contribution in [1.29, 1.82) is 0 Å². The Labute approximate surface area is 436 Å². The molecule has 2 aromatic carbocycles. The van der Waals surface area contributed by atoms with Gasteiger partial charge in [0.1, 0.15) is 51.0 Å². The van der Waals surface area contributed by atoms with Gasteiger partial charge in [-0.25, -0.2) is 9.59 Å². The minimum atomic E-state index is -2.89. The summed E-state index contributed by atoms with van der Waals surface area (Å²) in [5.74, 6) is -3.08. The highest BCUT2D eigenvalue weighted by Gasteiger charge is 2.60. The number of allylic oxidation sites excluding steroid dienone is 1. The molecule has 0 unspecified atom stereocenters. The zero-order valence-corrected chi connectivity index (χ0v) is 47.8. The predicted octanol–water partition coefficient (Wildman–Crippen LogP) is 10.2. The summed E-state index contributed by atoms with van der Waals surface area (Å²) < 4.78 is 67.6. The van der Waals surface area contributed by atoms with Crippen LogP contribution in [0.3, 0.4) is 0 Å². The summed E-state index contributed by atoms with van der Waals surface area (Å²) in [6.45, 7) is 25.4. The number of ketones is 1. The van der Waals surface area contributed by atoms with E-state index in [4.69, 9.17) is 47.1 Å². The highest BCUT2D eigenvalue weighted by atomic mass is 28.4. The quantitative estimate of drug-likeness (QED) is 0.0905. The summed E-state index contributed by atoms with van der Waals surface area (Å²) in [5.41, 5.74) is 1.15. The zero-order valence-electron chi connectivity index (χ0n) is 45.8. The Morgan fingerprint density at radius 1 is 0.767 bits per heavy atom. The number of benzene rings is 2. The molecule has 2 aromatic rings. The fourth-order valence-corrected chi connectivity index (χ4v) is 13.7. The first-order chi connectivity index (χ1) is 34.4. The molecule has 4 saturated heterocycles. The standard InChI is InChI=1S/C57H84O14Si2/c1-14-26-41-30-23-17-16-22-29-40(58)33-34-45(59)62-36-43-48(66-46(60)35-44(39-27-20-18-21-28-39)72(10,11)42-31-24-19-25-32-42)49(67-53(61)37(3)15-2)52(71-73(12,13)56(5,6)7)55(65-43)68-51-50-47(69-57(8,9)70-50)38(4)63-54(51)64-41/h15,18-21,24-25,27-28,31-32,35,38,41,43,47-52,54-55H,14,16-17,22-23,26,29-30,33-34,36H2,1-13H3/b37-15+,44-35+/t38-,41+,43-,47+,48-,49+,50+,51-,52-,54+,55+/m1/s1. The Kier molecular flexibility index (Phi) is 20.3. The number of fused-ring (bicyclic) bond motifs is 5. The Balaban J connectivity index is 1.52. The van der Waals surface area contributed by atoms with Crippen molar-refractivity contribution in [3.63, 3.8) is 0 Å². The Bertz CT molecular complexity index is 2220. The van der Waals surface area contributed by atoms with E-state index in [0.717, 1.165) is 54.5 Å². The highest BCUT2D eigenvalue weighted by molar-refractivity contribution is 7.04. The summed E-state index contributed by atoms with van der Waals surface area (Å²) in [6.07, 6.45) is -1.45. The van der Waals surface area contributed by atoms with E-state index in [2.05, 4.69) is 66.0 Å². The van der Waals surface area contributed by atoms with E-state index in [0.29, 0.717) is 18.4 Å². The first-order valence-electron chi connectivity index (χ1n) is 26.6. The summed E-state index contributed by atoms with van der Waals surface area (Å²) in [6, 6.07) is 19.8. The molecular formula is C57H84O14Si2. The number of esters is 3. The molecule has 0 aliphatic carbocycles. The van der Waals surface area contributed by atoms with E-state index in [1.165, 1.54) is 6.08 Å². The van der Waals surface area contributed by atoms with Gasteiger partial charge in [-0.1, -0.05) is 138 Å². The summed E-state index contributed by atoms with van der Waals surface area (Å²) >= 11 is 0. The van der Waals surface area contributed by atoms with Gasteiger partial charge in [-0.05, 0) is 82.8 Å². The lowest BCUT2D eigenvalue weighted by Gasteiger charge is -2.50. The van der Waals surface area contributed by atoms with Crippen LogP contribution in [-0.2, 0) is 66.2 Å². The molecule has 2 bridgehead atoms. The molecule has 0 saturated carbocycles. The molecule has 4 aliphatic heterocycles. The number of carbonyl (C=O) groups is 4. The molecule has 73 heavy (non-hydrogen) atoms. The van der Waals surface area contributed by atoms with Gasteiger partial charge in [-0.15, -0.1) is 0 Å². The lowest BCUT2D eigenvalue weighted by molar-refractivity contribution is -0.360. The van der Waals surface area contributed by atoms with Crippen LogP contribution in [0, 0.1) is 0 Å². The van der Waals surface area contributed by atoms with E-state index in [9.17, 15) is 19.2 Å². The van der Waals surface area contributed by atoms with Gasteiger partial charge >= 0.3 is 17.9 Å². The number of ether oxygens (including phenoxy) is 9. The van der Waals surface area contributed by atoms with Crippen molar-refractivity contribution in [1.82, 2.24) is 0 Å². The van der Waals surface area contributed by atoms with E-state index in [-0.39, 0.29) is 29.8 Å². The molecule has 11 atom stereocenters. The van der Waals surface area contributed by atoms with Crippen LogP contribution >= 0.6 is 0 Å². The molecule has 6 rings (SSSR count). The van der Waals surface area contributed by atoms with Gasteiger partial charge in [0.25, 0.3) is 0 Å². The van der Waals surface area contributed by atoms with Crippen molar-refractivity contribution in [2.45, 2.75) is 231 Å². The predicted molar refractivity (Wildman–Crippen MR) is 284 cm³/mol. The molecule has 4 heterocycles. The molecule has 0 radical (unpaired) electrons. The van der Waals surface area contributed by atoms with E-state index >= 15 is 0 Å². The normalized spacial score (nSPS) is 30.6. The second kappa shape index (κ2) is 25.3. The first kappa shape index (κ1) is 58.4. The molecule has 0 spiro atoms. The minimum absolute atomic E-state index is 0.0167. The second-order valence-electron chi connectivity index (χ2n) is 22.6. The molecule has 14 nitrogen and oxygen atoms in total. The Hall–Kier alpha value is -3.85. The fourth-order valence-electron chi connectivity index (χ4n) is 9.73. The topological polar surface area (TPSA) is 161 Å². The van der Waals surface area contributed by atoms with Crippen LogP contribution in [0.4, 0.5) is 0 Å². The van der Waals surface area contributed by atoms with Crippen LogP contribution in [-0.4, -0.2) is 120 Å². The number of carbonyl (C=O) groups excluding carboxylic acids is 4. The first-order valence-corrected chi connectivity index (χ1v) is 32.6. The van der Waals surface area contributed by atoms with Crippen molar-refractivity contribution in [2.75, 3.05) is 6.61 Å².